The fourth-order valence-electron chi connectivity index (χ4n) is 3.27. The van der Waals surface area contributed by atoms with Crippen LogP contribution in [-0.2, 0) is 26.2 Å². The molecule has 3 rings (SSSR count). The zero-order chi connectivity index (χ0) is 17.6. The van der Waals surface area contributed by atoms with E-state index >= 15 is 0 Å². The molecule has 0 spiro atoms. The Morgan fingerprint density at radius 2 is 1.76 bits per heavy atom. The number of H-pyrrole nitrogens is 1. The van der Waals surface area contributed by atoms with Gasteiger partial charge in [-0.2, -0.15) is 0 Å². The van der Waals surface area contributed by atoms with Crippen LogP contribution >= 0.6 is 0 Å². The summed E-state index contributed by atoms with van der Waals surface area (Å²) in [6.45, 7) is 5.08. The van der Waals surface area contributed by atoms with E-state index in [-0.39, 0.29) is 13.2 Å². The molecular formula is C21H26N2O2. The molecular weight excluding hydrogens is 312 g/mol. The molecule has 0 saturated carbocycles. The van der Waals surface area contributed by atoms with Crippen molar-refractivity contribution in [3.8, 4) is 0 Å². The number of aliphatic hydroxyl groups is 2. The number of fused-ring (bicyclic) bond motifs is 1. The molecule has 1 aromatic heterocycles. The normalized spacial score (nSPS) is 11.5. The summed E-state index contributed by atoms with van der Waals surface area (Å²) >= 11 is 0. The second-order valence-corrected chi connectivity index (χ2v) is 6.40. The molecule has 0 bridgehead atoms. The standard InChI is InChI=1S/C21H26N2O2/c1-2-23(13-18-5-3-4-6-19(18)15-25)10-9-17-12-22-21-8-7-16(14-24)11-20(17)21/h3-8,11-12,22,24-25H,2,9-10,13-15H2,1H3. The van der Waals surface area contributed by atoms with Crippen LogP contribution < -0.4 is 0 Å². The third-order valence-electron chi connectivity index (χ3n) is 4.84. The number of likely N-dealkylation sites (N-methyl/N-ethyl adjacent to an activating group) is 1. The van der Waals surface area contributed by atoms with Gasteiger partial charge in [-0.15, -0.1) is 0 Å². The predicted molar refractivity (Wildman–Crippen MR) is 101 cm³/mol. The quantitative estimate of drug-likeness (QED) is 0.591. The zero-order valence-corrected chi connectivity index (χ0v) is 14.7. The molecule has 25 heavy (non-hydrogen) atoms. The molecule has 0 amide bonds. The van der Waals surface area contributed by atoms with Gasteiger partial charge >= 0.3 is 0 Å². The molecule has 0 atom stereocenters. The highest BCUT2D eigenvalue weighted by Gasteiger charge is 2.10. The molecule has 0 aliphatic rings. The van der Waals surface area contributed by atoms with Crippen LogP contribution in [-0.4, -0.2) is 33.2 Å². The highest BCUT2D eigenvalue weighted by Crippen LogP contribution is 2.21. The van der Waals surface area contributed by atoms with Crippen LogP contribution in [0.1, 0.15) is 29.2 Å². The molecule has 3 aromatic rings. The molecule has 4 heteroatoms. The van der Waals surface area contributed by atoms with Gasteiger partial charge in [0, 0.05) is 30.2 Å². The van der Waals surface area contributed by atoms with E-state index in [9.17, 15) is 10.2 Å². The minimum Gasteiger partial charge on any atom is -0.392 e. The van der Waals surface area contributed by atoms with Crippen molar-refractivity contribution in [1.29, 1.82) is 0 Å². The highest BCUT2D eigenvalue weighted by atomic mass is 16.3. The van der Waals surface area contributed by atoms with Crippen LogP contribution in [0.15, 0.2) is 48.7 Å². The number of aromatic amines is 1. The highest BCUT2D eigenvalue weighted by molar-refractivity contribution is 5.83. The maximum Gasteiger partial charge on any atom is 0.0685 e. The number of aliphatic hydroxyl groups excluding tert-OH is 2. The first kappa shape index (κ1) is 17.7. The van der Waals surface area contributed by atoms with Gasteiger partial charge in [-0.3, -0.25) is 4.90 Å². The summed E-state index contributed by atoms with van der Waals surface area (Å²) < 4.78 is 0. The van der Waals surface area contributed by atoms with Gasteiger partial charge in [-0.25, -0.2) is 0 Å². The molecule has 0 aliphatic heterocycles. The Kier molecular flexibility index (Phi) is 5.87. The van der Waals surface area contributed by atoms with E-state index in [1.165, 1.54) is 16.5 Å². The summed E-state index contributed by atoms with van der Waals surface area (Å²) in [6.07, 6.45) is 3.02. The van der Waals surface area contributed by atoms with E-state index < -0.39 is 0 Å². The molecule has 0 saturated heterocycles. The molecule has 0 radical (unpaired) electrons. The number of nitrogens with one attached hydrogen (secondary N) is 1. The lowest BCUT2D eigenvalue weighted by molar-refractivity contribution is 0.265. The van der Waals surface area contributed by atoms with Crippen molar-refractivity contribution in [2.75, 3.05) is 13.1 Å². The smallest absolute Gasteiger partial charge is 0.0685 e. The van der Waals surface area contributed by atoms with Gasteiger partial charge in [0.25, 0.3) is 0 Å². The van der Waals surface area contributed by atoms with Crippen LogP contribution in [0.3, 0.4) is 0 Å². The molecule has 0 unspecified atom stereocenters. The van der Waals surface area contributed by atoms with Crippen LogP contribution in [0.4, 0.5) is 0 Å². The van der Waals surface area contributed by atoms with Gasteiger partial charge in [0.15, 0.2) is 0 Å². The van der Waals surface area contributed by atoms with Crippen LogP contribution in [0.5, 0.6) is 0 Å². The van der Waals surface area contributed by atoms with Crippen LogP contribution in [0, 0.1) is 0 Å². The van der Waals surface area contributed by atoms with E-state index in [1.807, 2.05) is 30.3 Å². The molecule has 1 heterocycles. The monoisotopic (exact) mass is 338 g/mol. The average Bonchev–Trinajstić information content (AvgIpc) is 3.07. The summed E-state index contributed by atoms with van der Waals surface area (Å²) in [5.74, 6) is 0. The fraction of sp³-hybridized carbons (Fsp3) is 0.333. The Morgan fingerprint density at radius 1 is 0.960 bits per heavy atom. The molecule has 4 nitrogen and oxygen atoms in total. The van der Waals surface area contributed by atoms with Crippen LogP contribution in [0.2, 0.25) is 0 Å². The molecule has 132 valence electrons. The summed E-state index contributed by atoms with van der Waals surface area (Å²) in [5, 5.41) is 20.1. The van der Waals surface area contributed by atoms with E-state index in [1.54, 1.807) is 0 Å². The molecule has 2 aromatic carbocycles. The molecule has 3 N–H and O–H groups in total. The lowest BCUT2D eigenvalue weighted by Gasteiger charge is -2.21. The maximum absolute atomic E-state index is 9.51. The van der Waals surface area contributed by atoms with Gasteiger partial charge in [-0.05, 0) is 47.4 Å². The summed E-state index contributed by atoms with van der Waals surface area (Å²) in [5.41, 5.74) is 5.52. The van der Waals surface area contributed by atoms with Crippen molar-refractivity contribution in [2.45, 2.75) is 33.1 Å². The topological polar surface area (TPSA) is 59.5 Å². The second kappa shape index (κ2) is 8.30. The number of nitrogens with zero attached hydrogens (tertiary/aromatic N) is 1. The Labute approximate surface area is 148 Å². The van der Waals surface area contributed by atoms with E-state index in [4.69, 9.17) is 0 Å². The largest absolute Gasteiger partial charge is 0.392 e. The second-order valence-electron chi connectivity index (χ2n) is 6.40. The Morgan fingerprint density at radius 3 is 2.48 bits per heavy atom. The lowest BCUT2D eigenvalue weighted by Crippen LogP contribution is -2.26. The predicted octanol–water partition coefficient (Wildman–Crippen LogP) is 3.22. The zero-order valence-electron chi connectivity index (χ0n) is 14.7. The summed E-state index contributed by atoms with van der Waals surface area (Å²) in [7, 11) is 0. The van der Waals surface area contributed by atoms with E-state index in [0.29, 0.717) is 0 Å². The van der Waals surface area contributed by atoms with E-state index in [2.05, 4.69) is 35.1 Å². The summed E-state index contributed by atoms with van der Waals surface area (Å²) in [4.78, 5) is 5.71. The minimum absolute atomic E-state index is 0.0690. The average molecular weight is 338 g/mol. The van der Waals surface area contributed by atoms with Crippen molar-refractivity contribution in [3.63, 3.8) is 0 Å². The van der Waals surface area contributed by atoms with Crippen molar-refractivity contribution >= 4 is 10.9 Å². The van der Waals surface area contributed by atoms with Crippen molar-refractivity contribution in [3.05, 3.63) is 70.9 Å². The molecule has 0 fully saturated rings. The number of rotatable bonds is 8. The first-order valence-electron chi connectivity index (χ1n) is 8.85. The first-order chi connectivity index (χ1) is 12.2. The van der Waals surface area contributed by atoms with Gasteiger partial charge < -0.3 is 15.2 Å². The Bertz CT molecular complexity index is 826. The number of hydrogen-bond donors (Lipinski definition) is 3. The number of aromatic nitrogens is 1. The minimum atomic E-state index is 0.0690. The van der Waals surface area contributed by atoms with Gasteiger partial charge in [0.2, 0.25) is 0 Å². The van der Waals surface area contributed by atoms with Crippen molar-refractivity contribution in [2.24, 2.45) is 0 Å². The Hall–Kier alpha value is -2.14. The van der Waals surface area contributed by atoms with E-state index in [0.717, 1.165) is 42.7 Å². The van der Waals surface area contributed by atoms with Crippen molar-refractivity contribution in [1.82, 2.24) is 9.88 Å². The third kappa shape index (κ3) is 4.10. The third-order valence-corrected chi connectivity index (χ3v) is 4.84. The van der Waals surface area contributed by atoms with Gasteiger partial charge in [-0.1, -0.05) is 37.3 Å². The van der Waals surface area contributed by atoms with Gasteiger partial charge in [0.05, 0.1) is 13.2 Å². The fourth-order valence-corrected chi connectivity index (χ4v) is 3.27. The maximum atomic E-state index is 9.51. The number of benzene rings is 2. The van der Waals surface area contributed by atoms with Crippen molar-refractivity contribution < 1.29 is 10.2 Å². The molecule has 0 aliphatic carbocycles. The Balaban J connectivity index is 1.71. The van der Waals surface area contributed by atoms with Gasteiger partial charge in [0.1, 0.15) is 0 Å². The SMILES string of the molecule is CCN(CCc1c[nH]c2ccc(CO)cc12)Cc1ccccc1CO. The van der Waals surface area contributed by atoms with Crippen LogP contribution in [0.25, 0.3) is 10.9 Å². The number of hydrogen-bond acceptors (Lipinski definition) is 3. The summed E-state index contributed by atoms with van der Waals surface area (Å²) in [6, 6.07) is 14.1. The lowest BCUT2D eigenvalue weighted by atomic mass is 10.1. The first-order valence-corrected chi connectivity index (χ1v) is 8.85.